The maximum Gasteiger partial charge on any atom is 0.119 e. The molecule has 0 amide bonds. The fraction of sp³-hybridized carbons (Fsp3) is 0.680. The van der Waals surface area contributed by atoms with Crippen molar-refractivity contribution >= 4 is 17.3 Å². The van der Waals surface area contributed by atoms with E-state index in [9.17, 15) is 0 Å². The molecule has 2 heteroatoms. The van der Waals surface area contributed by atoms with Gasteiger partial charge in [-0.2, -0.15) is 0 Å². The highest BCUT2D eigenvalue weighted by atomic mass is 35.5. The van der Waals surface area contributed by atoms with Gasteiger partial charge in [0.1, 0.15) is 5.38 Å². The summed E-state index contributed by atoms with van der Waals surface area (Å²) in [5.41, 5.74) is 2.13. The molecule has 0 radical (unpaired) electrons. The average Bonchev–Trinajstić information content (AvgIpc) is 2.70. The lowest BCUT2D eigenvalue weighted by atomic mass is 10.0. The zero-order valence-electron chi connectivity index (χ0n) is 17.4. The third-order valence-corrected chi connectivity index (χ3v) is 5.59. The first-order valence-corrected chi connectivity index (χ1v) is 11.7. The predicted molar refractivity (Wildman–Crippen MR) is 123 cm³/mol. The highest BCUT2D eigenvalue weighted by molar-refractivity contribution is 6.22. The topological polar surface area (TPSA) is 12.0 Å². The molecule has 1 N–H and O–H groups in total. The summed E-state index contributed by atoms with van der Waals surface area (Å²) in [4.78, 5) is 0. The highest BCUT2D eigenvalue weighted by Gasteiger charge is 2.02. The van der Waals surface area contributed by atoms with Crippen LogP contribution in [0.25, 0.3) is 0 Å². The number of hydrogen-bond acceptors (Lipinski definition) is 1. The Morgan fingerprint density at radius 3 is 1.67 bits per heavy atom. The number of anilines is 1. The lowest BCUT2D eigenvalue weighted by Gasteiger charge is -2.08. The molecular formula is C25H40ClN. The van der Waals surface area contributed by atoms with Crippen molar-refractivity contribution in [3.05, 3.63) is 29.8 Å². The van der Waals surface area contributed by atoms with E-state index >= 15 is 0 Å². The first-order chi connectivity index (χ1) is 13.3. The molecule has 1 unspecified atom stereocenters. The van der Waals surface area contributed by atoms with Crippen LogP contribution in [0.3, 0.4) is 0 Å². The molecule has 1 aromatic rings. The van der Waals surface area contributed by atoms with E-state index in [0.717, 1.165) is 17.8 Å². The molecule has 0 aliphatic rings. The monoisotopic (exact) mass is 389 g/mol. The summed E-state index contributed by atoms with van der Waals surface area (Å²) in [5, 5.41) is 3.15. The molecule has 1 rings (SSSR count). The minimum atomic E-state index is -0.329. The third-order valence-electron chi connectivity index (χ3n) is 5.21. The number of terminal acetylenes is 1. The number of halogens is 1. The molecule has 1 aromatic carbocycles. The molecule has 0 bridgehead atoms. The average molecular weight is 390 g/mol. The third kappa shape index (κ3) is 12.8. The van der Waals surface area contributed by atoms with Gasteiger partial charge < -0.3 is 5.32 Å². The van der Waals surface area contributed by atoms with Crippen molar-refractivity contribution in [3.8, 4) is 12.3 Å². The van der Waals surface area contributed by atoms with E-state index in [1.54, 1.807) is 0 Å². The first-order valence-electron chi connectivity index (χ1n) is 11.2. The Hall–Kier alpha value is -1.13. The molecular weight excluding hydrogens is 350 g/mol. The van der Waals surface area contributed by atoms with E-state index in [2.05, 4.69) is 30.3 Å². The van der Waals surface area contributed by atoms with Gasteiger partial charge >= 0.3 is 0 Å². The number of rotatable bonds is 17. The van der Waals surface area contributed by atoms with E-state index in [-0.39, 0.29) is 5.38 Å². The summed E-state index contributed by atoms with van der Waals surface area (Å²) in [6, 6.07) is 8.13. The molecule has 0 spiro atoms. The van der Waals surface area contributed by atoms with Crippen LogP contribution in [0.4, 0.5) is 5.69 Å². The van der Waals surface area contributed by atoms with E-state index in [1.807, 2.05) is 12.1 Å². The number of nitrogens with one attached hydrogen (secondary N) is 1. The molecule has 152 valence electrons. The SMILES string of the molecule is C#CC(Cl)c1ccc(NCCCCCCCCCCCCCCCC)cc1. The summed E-state index contributed by atoms with van der Waals surface area (Å²) in [6.07, 6.45) is 25.0. The van der Waals surface area contributed by atoms with Crippen LogP contribution < -0.4 is 5.32 Å². The summed E-state index contributed by atoms with van der Waals surface area (Å²) in [6.45, 7) is 3.32. The van der Waals surface area contributed by atoms with Gasteiger partial charge in [-0.1, -0.05) is 108 Å². The van der Waals surface area contributed by atoms with E-state index in [0.29, 0.717) is 0 Å². The maximum absolute atomic E-state index is 6.03. The number of unbranched alkanes of at least 4 members (excludes halogenated alkanes) is 13. The molecule has 0 aromatic heterocycles. The van der Waals surface area contributed by atoms with Crippen LogP contribution in [0.2, 0.25) is 0 Å². The fourth-order valence-electron chi connectivity index (χ4n) is 3.42. The summed E-state index contributed by atoms with van der Waals surface area (Å²) in [7, 11) is 0. The van der Waals surface area contributed by atoms with Gasteiger partial charge in [0.2, 0.25) is 0 Å². The summed E-state index contributed by atoms with van der Waals surface area (Å²) in [5.74, 6) is 2.55. The van der Waals surface area contributed by atoms with E-state index in [4.69, 9.17) is 18.0 Å². The van der Waals surface area contributed by atoms with E-state index in [1.165, 1.54) is 89.9 Å². The summed E-state index contributed by atoms with van der Waals surface area (Å²) < 4.78 is 0. The zero-order valence-corrected chi connectivity index (χ0v) is 18.2. The molecule has 0 aliphatic heterocycles. The van der Waals surface area contributed by atoms with Gasteiger partial charge in [0, 0.05) is 12.2 Å². The van der Waals surface area contributed by atoms with Crippen LogP contribution in [0.5, 0.6) is 0 Å². The normalized spacial score (nSPS) is 11.9. The van der Waals surface area contributed by atoms with Gasteiger partial charge in [-0.25, -0.2) is 0 Å². The van der Waals surface area contributed by atoms with Gasteiger partial charge in [-0.15, -0.1) is 18.0 Å². The molecule has 1 atom stereocenters. The van der Waals surface area contributed by atoms with Gasteiger partial charge in [0.15, 0.2) is 0 Å². The molecule has 0 fully saturated rings. The second-order valence-corrected chi connectivity index (χ2v) is 8.11. The molecule has 27 heavy (non-hydrogen) atoms. The van der Waals surface area contributed by atoms with Crippen LogP contribution in [0, 0.1) is 12.3 Å². The minimum Gasteiger partial charge on any atom is -0.385 e. The van der Waals surface area contributed by atoms with Crippen LogP contribution in [0.15, 0.2) is 24.3 Å². The van der Waals surface area contributed by atoms with Crippen molar-refractivity contribution in [2.45, 2.75) is 102 Å². The first kappa shape index (κ1) is 23.9. The Morgan fingerprint density at radius 2 is 1.22 bits per heavy atom. The fourth-order valence-corrected chi connectivity index (χ4v) is 3.56. The molecule has 0 aliphatic carbocycles. The van der Waals surface area contributed by atoms with Gasteiger partial charge in [-0.3, -0.25) is 0 Å². The largest absolute Gasteiger partial charge is 0.385 e. The second kappa shape index (κ2) is 17.0. The zero-order chi connectivity index (χ0) is 19.6. The quantitative estimate of drug-likeness (QED) is 0.160. The van der Waals surface area contributed by atoms with Crippen molar-refractivity contribution in [1.29, 1.82) is 0 Å². The minimum absolute atomic E-state index is 0.329. The van der Waals surface area contributed by atoms with Crippen LogP contribution in [-0.2, 0) is 0 Å². The van der Waals surface area contributed by atoms with Crippen LogP contribution in [-0.4, -0.2) is 6.54 Å². The number of alkyl halides is 1. The number of hydrogen-bond donors (Lipinski definition) is 1. The molecule has 0 saturated carbocycles. The second-order valence-electron chi connectivity index (χ2n) is 7.67. The van der Waals surface area contributed by atoms with E-state index < -0.39 is 0 Å². The Morgan fingerprint density at radius 1 is 0.778 bits per heavy atom. The molecule has 0 heterocycles. The van der Waals surface area contributed by atoms with Crippen molar-refractivity contribution in [2.24, 2.45) is 0 Å². The van der Waals surface area contributed by atoms with Crippen molar-refractivity contribution < 1.29 is 0 Å². The van der Waals surface area contributed by atoms with Crippen molar-refractivity contribution in [1.82, 2.24) is 0 Å². The van der Waals surface area contributed by atoms with Gasteiger partial charge in [0.25, 0.3) is 0 Å². The van der Waals surface area contributed by atoms with Crippen molar-refractivity contribution in [2.75, 3.05) is 11.9 Å². The standard InChI is InChI=1S/C25H40ClN/c1-3-5-6-7-8-9-10-11-12-13-14-15-16-17-22-27-24-20-18-23(19-21-24)25(26)4-2/h2,18-21,25,27H,3,5-17,22H2,1H3. The number of benzene rings is 1. The van der Waals surface area contributed by atoms with Crippen LogP contribution >= 0.6 is 11.6 Å². The summed E-state index contributed by atoms with van der Waals surface area (Å²) >= 11 is 6.03. The predicted octanol–water partition coefficient (Wildman–Crippen LogP) is 8.49. The Kier molecular flexibility index (Phi) is 15.1. The lowest BCUT2D eigenvalue weighted by Crippen LogP contribution is -2.01. The Balaban J connectivity index is 1.86. The Labute approximate surface area is 173 Å². The Bertz CT molecular complexity index is 488. The lowest BCUT2D eigenvalue weighted by molar-refractivity contribution is 0.537. The molecule has 1 nitrogen and oxygen atoms in total. The smallest absolute Gasteiger partial charge is 0.119 e. The van der Waals surface area contributed by atoms with Gasteiger partial charge in [-0.05, 0) is 24.1 Å². The van der Waals surface area contributed by atoms with Crippen LogP contribution in [0.1, 0.15) is 108 Å². The molecule has 0 saturated heterocycles. The maximum atomic E-state index is 6.03. The van der Waals surface area contributed by atoms with Crippen molar-refractivity contribution in [3.63, 3.8) is 0 Å². The van der Waals surface area contributed by atoms with Gasteiger partial charge in [0.05, 0.1) is 0 Å². The highest BCUT2D eigenvalue weighted by Crippen LogP contribution is 2.21.